The first-order valence-electron chi connectivity index (χ1n) is 8.40. The van der Waals surface area contributed by atoms with E-state index in [0.29, 0.717) is 21.9 Å². The van der Waals surface area contributed by atoms with Crippen LogP contribution >= 0.6 is 11.3 Å². The Kier molecular flexibility index (Phi) is 5.13. The van der Waals surface area contributed by atoms with Crippen molar-refractivity contribution in [2.45, 2.75) is 27.3 Å². The summed E-state index contributed by atoms with van der Waals surface area (Å²) < 4.78 is 13.9. The zero-order valence-corrected chi connectivity index (χ0v) is 16.4. The molecule has 3 rings (SSSR count). The Bertz CT molecular complexity index is 1050. The fourth-order valence-electron chi connectivity index (χ4n) is 3.11. The van der Waals surface area contributed by atoms with E-state index >= 15 is 0 Å². The molecule has 0 saturated carbocycles. The van der Waals surface area contributed by atoms with Crippen molar-refractivity contribution < 1.29 is 14.3 Å². The van der Waals surface area contributed by atoms with E-state index in [0.717, 1.165) is 16.8 Å². The smallest absolute Gasteiger partial charge is 0.283 e. The third kappa shape index (κ3) is 3.12. The first-order valence-corrected chi connectivity index (χ1v) is 9.22. The number of para-hydroxylation sites is 1. The maximum absolute atomic E-state index is 12.8. The van der Waals surface area contributed by atoms with Gasteiger partial charge >= 0.3 is 0 Å². The van der Waals surface area contributed by atoms with Crippen LogP contribution in [-0.2, 0) is 6.54 Å². The van der Waals surface area contributed by atoms with E-state index in [9.17, 15) is 4.79 Å². The number of carbonyl (C=O) groups is 1. The average molecular weight is 370 g/mol. The number of aromatic nitrogens is 1. The van der Waals surface area contributed by atoms with Crippen LogP contribution in [0.2, 0.25) is 0 Å². The van der Waals surface area contributed by atoms with Gasteiger partial charge in [0.1, 0.15) is 0 Å². The summed E-state index contributed by atoms with van der Waals surface area (Å²) in [5.41, 5.74) is 3.89. The number of fused-ring (bicyclic) bond motifs is 1. The van der Waals surface area contributed by atoms with Crippen molar-refractivity contribution in [3.8, 4) is 11.5 Å². The van der Waals surface area contributed by atoms with Crippen LogP contribution in [0.1, 0.15) is 28.4 Å². The number of thiazole rings is 1. The average Bonchev–Trinajstić information content (AvgIpc) is 2.98. The quantitative estimate of drug-likeness (QED) is 0.695. The second kappa shape index (κ2) is 7.33. The zero-order valence-electron chi connectivity index (χ0n) is 15.6. The molecule has 0 N–H and O–H groups in total. The van der Waals surface area contributed by atoms with Gasteiger partial charge in [0.15, 0.2) is 16.3 Å². The molecule has 1 amide bonds. The van der Waals surface area contributed by atoms with E-state index in [-0.39, 0.29) is 5.91 Å². The molecule has 0 radical (unpaired) electrons. The van der Waals surface area contributed by atoms with Crippen molar-refractivity contribution in [2.75, 3.05) is 14.2 Å². The summed E-state index contributed by atoms with van der Waals surface area (Å²) in [6.45, 7) is 6.96. The molecule has 3 aromatic rings. The van der Waals surface area contributed by atoms with Gasteiger partial charge in [-0.2, -0.15) is 4.99 Å². The predicted octanol–water partition coefficient (Wildman–Crippen LogP) is 4.10. The van der Waals surface area contributed by atoms with Gasteiger partial charge in [0.05, 0.1) is 30.0 Å². The van der Waals surface area contributed by atoms with E-state index in [1.54, 1.807) is 25.3 Å². The maximum atomic E-state index is 12.8. The minimum atomic E-state index is -0.344. The van der Waals surface area contributed by atoms with Crippen LogP contribution in [0, 0.1) is 13.8 Å². The summed E-state index contributed by atoms with van der Waals surface area (Å²) in [6, 6.07) is 9.50. The highest BCUT2D eigenvalue weighted by Crippen LogP contribution is 2.31. The number of rotatable bonds is 4. The number of methoxy groups -OCH3 is 2. The van der Waals surface area contributed by atoms with Gasteiger partial charge in [0, 0.05) is 6.54 Å². The number of benzene rings is 2. The summed E-state index contributed by atoms with van der Waals surface area (Å²) in [5.74, 6) is 0.573. The molecule has 0 aliphatic heterocycles. The molecule has 5 nitrogen and oxygen atoms in total. The molecule has 0 saturated heterocycles. The third-order valence-corrected chi connectivity index (χ3v) is 5.49. The number of nitrogens with zero attached hydrogens (tertiary/aromatic N) is 2. The van der Waals surface area contributed by atoms with Crippen molar-refractivity contribution in [1.29, 1.82) is 0 Å². The molecule has 6 heteroatoms. The van der Waals surface area contributed by atoms with Gasteiger partial charge in [-0.05, 0) is 50.1 Å². The number of carbonyl (C=O) groups excluding carboxylic acids is 1. The van der Waals surface area contributed by atoms with Gasteiger partial charge in [-0.1, -0.05) is 23.5 Å². The molecule has 0 aliphatic rings. The first kappa shape index (κ1) is 18.2. The Balaban J connectivity index is 2.20. The SMILES string of the molecule is CCn1c(=NC(=O)c2cccc(OC)c2OC)sc2c(C)cc(C)cc21. The molecule has 0 aliphatic carbocycles. The number of hydrogen-bond acceptors (Lipinski definition) is 4. The van der Waals surface area contributed by atoms with Gasteiger partial charge < -0.3 is 14.0 Å². The molecule has 0 bridgehead atoms. The van der Waals surface area contributed by atoms with Gasteiger partial charge in [-0.3, -0.25) is 4.79 Å². The van der Waals surface area contributed by atoms with Gasteiger partial charge in [-0.25, -0.2) is 0 Å². The predicted molar refractivity (Wildman–Crippen MR) is 104 cm³/mol. The van der Waals surface area contributed by atoms with Crippen LogP contribution in [0.15, 0.2) is 35.3 Å². The van der Waals surface area contributed by atoms with Gasteiger partial charge in [0.2, 0.25) is 0 Å². The van der Waals surface area contributed by atoms with Crippen LogP contribution in [0.5, 0.6) is 11.5 Å². The van der Waals surface area contributed by atoms with Crippen molar-refractivity contribution in [3.63, 3.8) is 0 Å². The lowest BCUT2D eigenvalue weighted by atomic mass is 10.1. The highest BCUT2D eigenvalue weighted by Gasteiger charge is 2.17. The highest BCUT2D eigenvalue weighted by atomic mass is 32.1. The van der Waals surface area contributed by atoms with E-state index in [2.05, 4.69) is 42.5 Å². The van der Waals surface area contributed by atoms with E-state index < -0.39 is 0 Å². The Labute approximate surface area is 156 Å². The Morgan fingerprint density at radius 1 is 1.19 bits per heavy atom. The lowest BCUT2D eigenvalue weighted by molar-refractivity contribution is 0.0994. The molecule has 1 heterocycles. The van der Waals surface area contributed by atoms with Crippen LogP contribution in [-0.4, -0.2) is 24.7 Å². The topological polar surface area (TPSA) is 52.8 Å². The summed E-state index contributed by atoms with van der Waals surface area (Å²) in [4.78, 5) is 17.9. The monoisotopic (exact) mass is 370 g/mol. The standard InChI is InChI=1S/C20H22N2O3S/c1-6-22-15-11-12(2)10-13(3)18(15)26-20(22)21-19(23)14-8-7-9-16(24-4)17(14)25-5/h7-11H,6H2,1-5H3. The molecule has 0 unspecified atom stereocenters. The fourth-order valence-corrected chi connectivity index (χ4v) is 4.25. The van der Waals surface area contributed by atoms with Crippen LogP contribution in [0.3, 0.4) is 0 Å². The second-order valence-corrected chi connectivity index (χ2v) is 6.99. The molecule has 1 aromatic heterocycles. The Morgan fingerprint density at radius 3 is 2.62 bits per heavy atom. The molecule has 2 aromatic carbocycles. The molecular weight excluding hydrogens is 348 g/mol. The third-order valence-electron chi connectivity index (χ3n) is 4.26. The Hall–Kier alpha value is -2.60. The van der Waals surface area contributed by atoms with Crippen LogP contribution in [0.25, 0.3) is 10.2 Å². The van der Waals surface area contributed by atoms with Crippen molar-refractivity contribution in [2.24, 2.45) is 4.99 Å². The summed E-state index contributed by atoms with van der Waals surface area (Å²) in [7, 11) is 3.07. The van der Waals surface area contributed by atoms with Crippen molar-refractivity contribution in [1.82, 2.24) is 4.57 Å². The molecule has 0 spiro atoms. The lowest BCUT2D eigenvalue weighted by Gasteiger charge is -2.09. The maximum Gasteiger partial charge on any atom is 0.283 e. The van der Waals surface area contributed by atoms with Crippen molar-refractivity contribution >= 4 is 27.5 Å². The zero-order chi connectivity index (χ0) is 18.8. The number of aryl methyl sites for hydroxylation is 3. The van der Waals surface area contributed by atoms with E-state index in [1.165, 1.54) is 29.6 Å². The minimum Gasteiger partial charge on any atom is -0.493 e. The van der Waals surface area contributed by atoms with Crippen LogP contribution in [0.4, 0.5) is 0 Å². The molecule has 136 valence electrons. The van der Waals surface area contributed by atoms with Crippen molar-refractivity contribution in [3.05, 3.63) is 51.8 Å². The summed E-state index contributed by atoms with van der Waals surface area (Å²) in [6.07, 6.45) is 0. The first-order chi connectivity index (χ1) is 12.5. The highest BCUT2D eigenvalue weighted by molar-refractivity contribution is 7.16. The lowest BCUT2D eigenvalue weighted by Crippen LogP contribution is -2.16. The van der Waals surface area contributed by atoms with Crippen LogP contribution < -0.4 is 14.3 Å². The summed E-state index contributed by atoms with van der Waals surface area (Å²) >= 11 is 1.53. The fraction of sp³-hybridized carbons (Fsp3) is 0.300. The molecule has 0 atom stereocenters. The van der Waals surface area contributed by atoms with E-state index in [1.807, 2.05) is 0 Å². The number of amides is 1. The molecule has 26 heavy (non-hydrogen) atoms. The second-order valence-electron chi connectivity index (χ2n) is 6.02. The number of hydrogen-bond donors (Lipinski definition) is 0. The number of ether oxygens (including phenoxy) is 2. The Morgan fingerprint density at radius 2 is 1.96 bits per heavy atom. The summed E-state index contributed by atoms with van der Waals surface area (Å²) in [5, 5.41) is 0. The molecular formula is C20H22N2O3S. The van der Waals surface area contributed by atoms with Gasteiger partial charge in [-0.15, -0.1) is 0 Å². The van der Waals surface area contributed by atoms with Gasteiger partial charge in [0.25, 0.3) is 5.91 Å². The minimum absolute atomic E-state index is 0.344. The largest absolute Gasteiger partial charge is 0.493 e. The molecule has 0 fully saturated rings. The normalized spacial score (nSPS) is 11.8. The van der Waals surface area contributed by atoms with E-state index in [4.69, 9.17) is 9.47 Å².